The molecule has 0 N–H and O–H groups in total. The van der Waals surface area contributed by atoms with Gasteiger partial charge in [0.2, 0.25) is 0 Å². The van der Waals surface area contributed by atoms with E-state index in [4.69, 9.17) is 18.9 Å². The Hall–Kier alpha value is -3.34. The largest absolute Gasteiger partial charge is 0.487 e. The minimum atomic E-state index is -0.520. The van der Waals surface area contributed by atoms with Crippen molar-refractivity contribution < 1.29 is 23.7 Å². The van der Waals surface area contributed by atoms with Crippen LogP contribution in [0.5, 0.6) is 11.5 Å². The van der Waals surface area contributed by atoms with Crippen molar-refractivity contribution in [3.63, 3.8) is 0 Å². The van der Waals surface area contributed by atoms with Crippen molar-refractivity contribution in [2.45, 2.75) is 45.8 Å². The van der Waals surface area contributed by atoms with Crippen molar-refractivity contribution in [3.8, 4) is 17.6 Å². The molecular weight excluding hydrogens is 444 g/mol. The molecule has 0 unspecified atom stereocenters. The van der Waals surface area contributed by atoms with Crippen LogP contribution < -0.4 is 9.47 Å². The highest BCUT2D eigenvalue weighted by Gasteiger charge is 2.42. The highest BCUT2D eigenvalue weighted by Crippen LogP contribution is 2.48. The SMILES string of the molecule is COCCOc1cc2c(cc1OC(C)C)C(=O)c1c(n(CCOC)c3cc(C#N)ccc13)C2(C)C. The molecular formula is C28H32N2O5. The first kappa shape index (κ1) is 24.8. The van der Waals surface area contributed by atoms with Crippen LogP contribution in [0.25, 0.3) is 10.9 Å². The first-order valence-electron chi connectivity index (χ1n) is 11.8. The van der Waals surface area contributed by atoms with E-state index in [1.165, 1.54) is 0 Å². The van der Waals surface area contributed by atoms with E-state index < -0.39 is 5.41 Å². The van der Waals surface area contributed by atoms with Crippen LogP contribution in [-0.2, 0) is 21.4 Å². The molecule has 7 heteroatoms. The number of ketones is 1. The van der Waals surface area contributed by atoms with Crippen LogP contribution in [0.2, 0.25) is 0 Å². The van der Waals surface area contributed by atoms with E-state index in [1.807, 2.05) is 38.1 Å². The topological polar surface area (TPSA) is 82.7 Å². The summed E-state index contributed by atoms with van der Waals surface area (Å²) in [6.07, 6.45) is -0.0829. The van der Waals surface area contributed by atoms with Crippen LogP contribution in [0, 0.1) is 11.3 Å². The molecule has 4 rings (SSSR count). The van der Waals surface area contributed by atoms with E-state index in [9.17, 15) is 10.1 Å². The number of methoxy groups -OCH3 is 2. The van der Waals surface area contributed by atoms with Gasteiger partial charge in [-0.3, -0.25) is 4.79 Å². The van der Waals surface area contributed by atoms with Crippen molar-refractivity contribution in [2.75, 3.05) is 34.0 Å². The van der Waals surface area contributed by atoms with Gasteiger partial charge in [0.05, 0.1) is 42.0 Å². The zero-order chi connectivity index (χ0) is 25.3. The van der Waals surface area contributed by atoms with Gasteiger partial charge in [-0.1, -0.05) is 19.9 Å². The maximum atomic E-state index is 14.0. The second-order valence-corrected chi connectivity index (χ2v) is 9.52. The predicted octanol–water partition coefficient (Wildman–Crippen LogP) is 4.84. The number of benzene rings is 2. The molecule has 0 bridgehead atoms. The Morgan fingerprint density at radius 2 is 1.77 bits per heavy atom. The summed E-state index contributed by atoms with van der Waals surface area (Å²) in [5, 5.41) is 10.3. The van der Waals surface area contributed by atoms with E-state index in [0.29, 0.717) is 54.6 Å². The summed E-state index contributed by atoms with van der Waals surface area (Å²) in [5.74, 6) is 1.07. The number of fused-ring (bicyclic) bond motifs is 4. The van der Waals surface area contributed by atoms with Crippen LogP contribution >= 0.6 is 0 Å². The lowest BCUT2D eigenvalue weighted by molar-refractivity contribution is 0.102. The average Bonchev–Trinajstić information content (AvgIpc) is 3.16. The van der Waals surface area contributed by atoms with Crippen LogP contribution in [0.3, 0.4) is 0 Å². The van der Waals surface area contributed by atoms with Gasteiger partial charge in [-0.15, -0.1) is 0 Å². The van der Waals surface area contributed by atoms with Gasteiger partial charge in [-0.25, -0.2) is 0 Å². The quantitative estimate of drug-likeness (QED) is 0.411. The highest BCUT2D eigenvalue weighted by molar-refractivity contribution is 6.20. The molecule has 184 valence electrons. The molecule has 0 saturated carbocycles. The van der Waals surface area contributed by atoms with Crippen LogP contribution in [0.15, 0.2) is 30.3 Å². The zero-order valence-corrected chi connectivity index (χ0v) is 21.2. The Morgan fingerprint density at radius 3 is 2.43 bits per heavy atom. The molecule has 0 spiro atoms. The van der Waals surface area contributed by atoms with Crippen molar-refractivity contribution in [3.05, 3.63) is 58.3 Å². The monoisotopic (exact) mass is 476 g/mol. The number of hydrogen-bond acceptors (Lipinski definition) is 6. The number of ether oxygens (including phenoxy) is 4. The minimum Gasteiger partial charge on any atom is -0.487 e. The van der Waals surface area contributed by atoms with Gasteiger partial charge in [0.1, 0.15) is 6.61 Å². The fourth-order valence-electron chi connectivity index (χ4n) is 4.93. The van der Waals surface area contributed by atoms with Gasteiger partial charge in [0.15, 0.2) is 17.3 Å². The molecule has 0 atom stereocenters. The Kier molecular flexibility index (Phi) is 6.88. The predicted molar refractivity (Wildman–Crippen MR) is 134 cm³/mol. The molecule has 7 nitrogen and oxygen atoms in total. The van der Waals surface area contributed by atoms with Gasteiger partial charge in [-0.05, 0) is 43.7 Å². The highest BCUT2D eigenvalue weighted by atomic mass is 16.5. The van der Waals surface area contributed by atoms with Crippen molar-refractivity contribution in [2.24, 2.45) is 0 Å². The molecule has 0 aliphatic heterocycles. The molecule has 1 aromatic heterocycles. The molecule has 2 aromatic carbocycles. The summed E-state index contributed by atoms with van der Waals surface area (Å²) in [7, 11) is 3.28. The molecule has 0 fully saturated rings. The Labute approximate surface area is 206 Å². The summed E-state index contributed by atoms with van der Waals surface area (Å²) in [6, 6.07) is 11.5. The lowest BCUT2D eigenvalue weighted by Gasteiger charge is -2.35. The van der Waals surface area contributed by atoms with Crippen LogP contribution in [-0.4, -0.2) is 50.5 Å². The van der Waals surface area contributed by atoms with Crippen molar-refractivity contribution in [1.82, 2.24) is 4.57 Å². The standard InChI is InChI=1S/C28H32N2O5/c1-17(2)35-24-14-20-21(15-23(24)34-12-11-33-6)28(3,4)27-25(26(20)31)19-8-7-18(16-29)13-22(19)30(27)9-10-32-5/h7-8,13-15,17H,9-12H2,1-6H3. The first-order valence-corrected chi connectivity index (χ1v) is 11.8. The summed E-state index contributed by atoms with van der Waals surface area (Å²) in [4.78, 5) is 14.0. The number of hydrogen-bond donors (Lipinski definition) is 0. The molecule has 1 aliphatic carbocycles. The van der Waals surface area contributed by atoms with Crippen molar-refractivity contribution in [1.29, 1.82) is 5.26 Å². The zero-order valence-electron chi connectivity index (χ0n) is 21.2. The fourth-order valence-corrected chi connectivity index (χ4v) is 4.93. The maximum Gasteiger partial charge on any atom is 0.195 e. The van der Waals surface area contributed by atoms with E-state index in [2.05, 4.69) is 24.5 Å². The third kappa shape index (κ3) is 4.29. The number of nitriles is 1. The van der Waals surface area contributed by atoms with Gasteiger partial charge >= 0.3 is 0 Å². The Bertz CT molecular complexity index is 1310. The number of carbonyl (C=O) groups excluding carboxylic acids is 1. The molecule has 35 heavy (non-hydrogen) atoms. The van der Waals surface area contributed by atoms with Gasteiger partial charge < -0.3 is 23.5 Å². The smallest absolute Gasteiger partial charge is 0.195 e. The summed E-state index contributed by atoms with van der Waals surface area (Å²) >= 11 is 0. The summed E-state index contributed by atoms with van der Waals surface area (Å²) in [6.45, 7) is 9.98. The molecule has 1 aliphatic rings. The van der Waals surface area contributed by atoms with E-state index in [1.54, 1.807) is 20.3 Å². The fraction of sp³-hybridized carbons (Fsp3) is 0.429. The van der Waals surface area contributed by atoms with Crippen LogP contribution in [0.1, 0.15) is 60.4 Å². The Balaban J connectivity index is 1.97. The maximum absolute atomic E-state index is 14.0. The first-order chi connectivity index (χ1) is 16.7. The number of aromatic nitrogens is 1. The number of carbonyl (C=O) groups is 1. The summed E-state index contributed by atoms with van der Waals surface area (Å²) < 4.78 is 24.7. The van der Waals surface area contributed by atoms with Gasteiger partial charge in [0.25, 0.3) is 0 Å². The van der Waals surface area contributed by atoms with E-state index >= 15 is 0 Å². The second kappa shape index (κ2) is 9.73. The van der Waals surface area contributed by atoms with Gasteiger partial charge in [-0.2, -0.15) is 5.26 Å². The van der Waals surface area contributed by atoms with Crippen molar-refractivity contribution >= 4 is 16.7 Å². The lowest BCUT2D eigenvalue weighted by atomic mass is 9.71. The molecule has 3 aromatic rings. The van der Waals surface area contributed by atoms with E-state index in [-0.39, 0.29) is 11.9 Å². The van der Waals surface area contributed by atoms with E-state index in [0.717, 1.165) is 22.2 Å². The summed E-state index contributed by atoms with van der Waals surface area (Å²) in [5.41, 5.74) is 3.95. The third-order valence-corrected chi connectivity index (χ3v) is 6.44. The molecule has 0 radical (unpaired) electrons. The molecule has 1 heterocycles. The average molecular weight is 477 g/mol. The number of nitrogens with zero attached hydrogens (tertiary/aromatic N) is 2. The normalized spacial score (nSPS) is 14.1. The lowest BCUT2D eigenvalue weighted by Crippen LogP contribution is -2.33. The van der Waals surface area contributed by atoms with Gasteiger partial charge in [0, 0.05) is 42.8 Å². The molecule has 0 saturated heterocycles. The second-order valence-electron chi connectivity index (χ2n) is 9.52. The minimum absolute atomic E-state index is 0.0581. The number of rotatable bonds is 9. The third-order valence-electron chi connectivity index (χ3n) is 6.44. The van der Waals surface area contributed by atoms with Crippen LogP contribution in [0.4, 0.5) is 0 Å². The molecule has 0 amide bonds. The Morgan fingerprint density at radius 1 is 1.03 bits per heavy atom.